The fourth-order valence-electron chi connectivity index (χ4n) is 0.702. The van der Waals surface area contributed by atoms with Crippen molar-refractivity contribution in [3.63, 3.8) is 0 Å². The summed E-state index contributed by atoms with van der Waals surface area (Å²) in [5.74, 6) is 0.580. The lowest BCUT2D eigenvalue weighted by molar-refractivity contribution is -0.121. The van der Waals surface area contributed by atoms with Crippen molar-refractivity contribution in [2.75, 3.05) is 19.0 Å². The number of hydrogen-bond donors (Lipinski definition) is 0. The SMILES string of the molecule is CCOC(CSC(C)=O)OCC. The fourth-order valence-corrected chi connectivity index (χ4v) is 1.26. The first-order valence-corrected chi connectivity index (χ1v) is 5.05. The third-order valence-electron chi connectivity index (χ3n) is 1.13. The molecule has 0 aliphatic rings. The van der Waals surface area contributed by atoms with Gasteiger partial charge in [-0.2, -0.15) is 0 Å². The van der Waals surface area contributed by atoms with Gasteiger partial charge in [-0.25, -0.2) is 0 Å². The van der Waals surface area contributed by atoms with Crippen molar-refractivity contribution >= 4 is 16.9 Å². The van der Waals surface area contributed by atoms with E-state index in [-0.39, 0.29) is 11.4 Å². The van der Waals surface area contributed by atoms with E-state index in [1.165, 1.54) is 11.8 Å². The van der Waals surface area contributed by atoms with Crippen molar-refractivity contribution in [2.45, 2.75) is 27.1 Å². The van der Waals surface area contributed by atoms with E-state index >= 15 is 0 Å². The summed E-state index contributed by atoms with van der Waals surface area (Å²) in [6.07, 6.45) is -0.242. The third-order valence-corrected chi connectivity index (χ3v) is 1.97. The number of ether oxygens (including phenoxy) is 2. The molecule has 0 aromatic rings. The highest BCUT2D eigenvalue weighted by Gasteiger charge is 2.08. The molecule has 0 aliphatic heterocycles. The zero-order valence-corrected chi connectivity index (χ0v) is 8.65. The lowest BCUT2D eigenvalue weighted by Gasteiger charge is -2.15. The van der Waals surface area contributed by atoms with Crippen LogP contribution in [0.2, 0.25) is 0 Å². The van der Waals surface area contributed by atoms with Gasteiger partial charge in [-0.05, 0) is 13.8 Å². The molecule has 0 saturated carbocycles. The van der Waals surface area contributed by atoms with Crippen LogP contribution >= 0.6 is 11.8 Å². The predicted molar refractivity (Wildman–Crippen MR) is 50.2 cm³/mol. The van der Waals surface area contributed by atoms with Gasteiger partial charge in [-0.15, -0.1) is 0 Å². The first-order chi connectivity index (χ1) is 5.70. The van der Waals surface area contributed by atoms with Crippen LogP contribution in [-0.4, -0.2) is 30.4 Å². The van der Waals surface area contributed by atoms with Gasteiger partial charge in [-0.1, -0.05) is 11.8 Å². The summed E-state index contributed by atoms with van der Waals surface area (Å²) in [5.41, 5.74) is 0. The standard InChI is InChI=1S/C8H16O3S/c1-4-10-8(11-5-2)6-12-7(3)9/h8H,4-6H2,1-3H3. The molecule has 0 N–H and O–H groups in total. The largest absolute Gasteiger partial charge is 0.352 e. The zero-order chi connectivity index (χ0) is 9.40. The van der Waals surface area contributed by atoms with Crippen molar-refractivity contribution in [1.82, 2.24) is 0 Å². The molecule has 3 nitrogen and oxygen atoms in total. The maximum Gasteiger partial charge on any atom is 0.186 e. The molecule has 0 fully saturated rings. The molecular formula is C8H16O3S. The molecular weight excluding hydrogens is 176 g/mol. The van der Waals surface area contributed by atoms with E-state index < -0.39 is 0 Å². The molecule has 0 atom stereocenters. The maximum atomic E-state index is 10.6. The Morgan fingerprint density at radius 2 is 1.83 bits per heavy atom. The van der Waals surface area contributed by atoms with Crippen LogP contribution < -0.4 is 0 Å². The molecule has 0 heterocycles. The fraction of sp³-hybridized carbons (Fsp3) is 0.875. The molecule has 4 heteroatoms. The quantitative estimate of drug-likeness (QED) is 0.600. The summed E-state index contributed by atoms with van der Waals surface area (Å²) in [6, 6.07) is 0. The maximum absolute atomic E-state index is 10.6. The van der Waals surface area contributed by atoms with Crippen molar-refractivity contribution in [1.29, 1.82) is 0 Å². The molecule has 72 valence electrons. The zero-order valence-electron chi connectivity index (χ0n) is 7.83. The average Bonchev–Trinajstić information content (AvgIpc) is 2.01. The molecule has 0 aromatic carbocycles. The third kappa shape index (κ3) is 6.64. The van der Waals surface area contributed by atoms with Crippen LogP contribution in [0, 0.1) is 0 Å². The number of hydrogen-bond acceptors (Lipinski definition) is 4. The van der Waals surface area contributed by atoms with Gasteiger partial charge in [0.25, 0.3) is 0 Å². The monoisotopic (exact) mass is 192 g/mol. The van der Waals surface area contributed by atoms with E-state index in [2.05, 4.69) is 0 Å². The Morgan fingerprint density at radius 3 is 2.17 bits per heavy atom. The Kier molecular flexibility index (Phi) is 7.54. The normalized spacial score (nSPS) is 10.7. The highest BCUT2D eigenvalue weighted by molar-refractivity contribution is 8.13. The molecule has 0 saturated heterocycles. The van der Waals surface area contributed by atoms with Crippen molar-refractivity contribution in [2.24, 2.45) is 0 Å². The molecule has 0 aromatic heterocycles. The van der Waals surface area contributed by atoms with Crippen molar-refractivity contribution in [3.05, 3.63) is 0 Å². The molecule has 12 heavy (non-hydrogen) atoms. The number of thioether (sulfide) groups is 1. The van der Waals surface area contributed by atoms with Crippen LogP contribution in [0.25, 0.3) is 0 Å². The Bertz CT molecular complexity index is 121. The lowest BCUT2D eigenvalue weighted by atomic mass is 10.7. The minimum Gasteiger partial charge on any atom is -0.352 e. The van der Waals surface area contributed by atoms with Crippen LogP contribution in [0.3, 0.4) is 0 Å². The predicted octanol–water partition coefficient (Wildman–Crippen LogP) is 1.67. The Morgan fingerprint density at radius 1 is 1.33 bits per heavy atom. The molecule has 0 rings (SSSR count). The summed E-state index contributed by atoms with van der Waals surface area (Å²) >= 11 is 1.23. The first kappa shape index (κ1) is 11.9. The number of carbonyl (C=O) groups excluding carboxylic acids is 1. The van der Waals surface area contributed by atoms with Gasteiger partial charge < -0.3 is 9.47 Å². The first-order valence-electron chi connectivity index (χ1n) is 4.07. The minimum atomic E-state index is -0.242. The van der Waals surface area contributed by atoms with Gasteiger partial charge in [0.2, 0.25) is 0 Å². The van der Waals surface area contributed by atoms with Gasteiger partial charge in [0.05, 0.1) is 5.75 Å². The van der Waals surface area contributed by atoms with Crippen LogP contribution in [-0.2, 0) is 14.3 Å². The van der Waals surface area contributed by atoms with E-state index in [9.17, 15) is 4.79 Å². The Balaban J connectivity index is 3.54. The number of rotatable bonds is 6. The van der Waals surface area contributed by atoms with E-state index in [0.717, 1.165) is 0 Å². The van der Waals surface area contributed by atoms with Gasteiger partial charge in [0.15, 0.2) is 11.4 Å². The Hall–Kier alpha value is -0.0600. The smallest absolute Gasteiger partial charge is 0.186 e. The lowest BCUT2D eigenvalue weighted by Crippen LogP contribution is -2.20. The number of carbonyl (C=O) groups is 1. The van der Waals surface area contributed by atoms with Crippen LogP contribution in [0.4, 0.5) is 0 Å². The van der Waals surface area contributed by atoms with Gasteiger partial charge >= 0.3 is 0 Å². The molecule has 0 bridgehead atoms. The van der Waals surface area contributed by atoms with Crippen molar-refractivity contribution < 1.29 is 14.3 Å². The van der Waals surface area contributed by atoms with E-state index in [1.807, 2.05) is 13.8 Å². The van der Waals surface area contributed by atoms with Crippen LogP contribution in [0.5, 0.6) is 0 Å². The highest BCUT2D eigenvalue weighted by atomic mass is 32.2. The highest BCUT2D eigenvalue weighted by Crippen LogP contribution is 2.07. The Labute approximate surface area is 77.8 Å². The van der Waals surface area contributed by atoms with E-state index in [0.29, 0.717) is 19.0 Å². The summed E-state index contributed by atoms with van der Waals surface area (Å²) < 4.78 is 10.5. The van der Waals surface area contributed by atoms with Crippen molar-refractivity contribution in [3.8, 4) is 0 Å². The summed E-state index contributed by atoms with van der Waals surface area (Å²) in [4.78, 5) is 10.6. The molecule has 0 amide bonds. The van der Waals surface area contributed by atoms with Gasteiger partial charge in [0, 0.05) is 20.1 Å². The summed E-state index contributed by atoms with van der Waals surface area (Å²) in [6.45, 7) is 6.58. The summed E-state index contributed by atoms with van der Waals surface area (Å²) in [5, 5.41) is 0.0967. The molecule has 0 spiro atoms. The topological polar surface area (TPSA) is 35.5 Å². The van der Waals surface area contributed by atoms with Crippen LogP contribution in [0.15, 0.2) is 0 Å². The second kappa shape index (κ2) is 7.58. The molecule has 0 aliphatic carbocycles. The van der Waals surface area contributed by atoms with Crippen LogP contribution in [0.1, 0.15) is 20.8 Å². The second-order valence-electron chi connectivity index (χ2n) is 2.14. The van der Waals surface area contributed by atoms with Gasteiger partial charge in [-0.3, -0.25) is 4.79 Å². The summed E-state index contributed by atoms with van der Waals surface area (Å²) in [7, 11) is 0. The second-order valence-corrected chi connectivity index (χ2v) is 3.34. The van der Waals surface area contributed by atoms with E-state index in [1.54, 1.807) is 6.92 Å². The molecule has 0 unspecified atom stereocenters. The average molecular weight is 192 g/mol. The van der Waals surface area contributed by atoms with E-state index in [4.69, 9.17) is 9.47 Å². The van der Waals surface area contributed by atoms with Gasteiger partial charge in [0.1, 0.15) is 0 Å². The minimum absolute atomic E-state index is 0.0967. The molecule has 0 radical (unpaired) electrons.